The van der Waals surface area contributed by atoms with E-state index in [9.17, 15) is 0 Å². The number of aryl methyl sites for hydroxylation is 1. The van der Waals surface area contributed by atoms with Gasteiger partial charge in [-0.1, -0.05) is 25.9 Å². The van der Waals surface area contributed by atoms with E-state index in [1.807, 2.05) is 6.92 Å². The Balaban J connectivity index is 1.77. The minimum atomic E-state index is 0.143. The minimum absolute atomic E-state index is 0.143. The zero-order valence-corrected chi connectivity index (χ0v) is 13.2. The molecule has 114 valence electrons. The Labute approximate surface area is 122 Å². The Hall–Kier alpha value is -0.940. The van der Waals surface area contributed by atoms with Crippen LogP contribution in [-0.4, -0.2) is 40.7 Å². The van der Waals surface area contributed by atoms with Gasteiger partial charge in [0.05, 0.1) is 6.04 Å². The molecule has 1 aromatic heterocycles. The van der Waals surface area contributed by atoms with E-state index in [1.165, 1.54) is 32.5 Å². The number of hydrogen-bond acceptors (Lipinski definition) is 5. The van der Waals surface area contributed by atoms with Crippen molar-refractivity contribution in [2.45, 2.75) is 59.0 Å². The first-order valence-electron chi connectivity index (χ1n) is 7.89. The first-order chi connectivity index (χ1) is 9.58. The molecule has 20 heavy (non-hydrogen) atoms. The molecule has 0 bridgehead atoms. The fourth-order valence-corrected chi connectivity index (χ4v) is 2.81. The second-order valence-electron chi connectivity index (χ2n) is 6.26. The highest BCUT2D eigenvalue weighted by Crippen LogP contribution is 2.17. The molecule has 0 radical (unpaired) electrons. The largest absolute Gasteiger partial charge is 0.338 e. The van der Waals surface area contributed by atoms with E-state index < -0.39 is 0 Å². The SMILES string of the molecule is CCc1noc(C(C)NC2CCN(CC(C)C)CC2)n1. The van der Waals surface area contributed by atoms with Gasteiger partial charge in [-0.3, -0.25) is 0 Å². The molecule has 1 fully saturated rings. The summed E-state index contributed by atoms with van der Waals surface area (Å²) < 4.78 is 5.30. The van der Waals surface area contributed by atoms with Crippen molar-refractivity contribution in [3.63, 3.8) is 0 Å². The topological polar surface area (TPSA) is 54.2 Å². The third-order valence-corrected chi connectivity index (χ3v) is 3.87. The van der Waals surface area contributed by atoms with Crippen LogP contribution in [0.4, 0.5) is 0 Å². The number of rotatable bonds is 6. The molecule has 1 aromatic rings. The van der Waals surface area contributed by atoms with E-state index in [0.29, 0.717) is 11.9 Å². The number of piperidine rings is 1. The maximum atomic E-state index is 5.30. The summed E-state index contributed by atoms with van der Waals surface area (Å²) in [5.74, 6) is 2.26. The van der Waals surface area contributed by atoms with Gasteiger partial charge in [-0.25, -0.2) is 0 Å². The minimum Gasteiger partial charge on any atom is -0.338 e. The van der Waals surface area contributed by atoms with Gasteiger partial charge in [0.1, 0.15) is 0 Å². The second kappa shape index (κ2) is 7.18. The summed E-state index contributed by atoms with van der Waals surface area (Å²) in [6.07, 6.45) is 3.22. The lowest BCUT2D eigenvalue weighted by Gasteiger charge is -2.34. The average Bonchev–Trinajstić information content (AvgIpc) is 2.89. The van der Waals surface area contributed by atoms with Crippen LogP contribution in [0.2, 0.25) is 0 Å². The second-order valence-corrected chi connectivity index (χ2v) is 6.26. The molecule has 0 aliphatic carbocycles. The van der Waals surface area contributed by atoms with Crippen LogP contribution in [0.1, 0.15) is 58.3 Å². The van der Waals surface area contributed by atoms with Crippen molar-refractivity contribution in [3.05, 3.63) is 11.7 Å². The van der Waals surface area contributed by atoms with Crippen LogP contribution in [0.25, 0.3) is 0 Å². The van der Waals surface area contributed by atoms with E-state index in [2.05, 4.69) is 41.1 Å². The summed E-state index contributed by atoms with van der Waals surface area (Å²) in [4.78, 5) is 6.96. The Kier molecular flexibility index (Phi) is 5.54. The smallest absolute Gasteiger partial charge is 0.243 e. The first-order valence-corrected chi connectivity index (χ1v) is 7.89. The molecular formula is C15H28N4O. The zero-order chi connectivity index (χ0) is 14.5. The van der Waals surface area contributed by atoms with Crippen LogP contribution in [0.5, 0.6) is 0 Å². The van der Waals surface area contributed by atoms with Crippen LogP contribution < -0.4 is 5.32 Å². The van der Waals surface area contributed by atoms with Gasteiger partial charge in [0.25, 0.3) is 0 Å². The van der Waals surface area contributed by atoms with Crippen molar-refractivity contribution in [1.29, 1.82) is 0 Å². The molecule has 2 heterocycles. The summed E-state index contributed by atoms with van der Waals surface area (Å²) in [5, 5.41) is 7.58. The van der Waals surface area contributed by atoms with E-state index in [-0.39, 0.29) is 6.04 Å². The molecule has 1 aliphatic heterocycles. The average molecular weight is 280 g/mol. The van der Waals surface area contributed by atoms with Crippen molar-refractivity contribution in [1.82, 2.24) is 20.4 Å². The Morgan fingerprint density at radius 3 is 2.55 bits per heavy atom. The predicted molar refractivity (Wildman–Crippen MR) is 79.5 cm³/mol. The van der Waals surface area contributed by atoms with Gasteiger partial charge < -0.3 is 14.7 Å². The van der Waals surface area contributed by atoms with Gasteiger partial charge in [-0.2, -0.15) is 4.98 Å². The first kappa shape index (κ1) is 15.4. The van der Waals surface area contributed by atoms with E-state index in [1.54, 1.807) is 0 Å². The van der Waals surface area contributed by atoms with Crippen LogP contribution in [0.3, 0.4) is 0 Å². The molecule has 0 amide bonds. The molecule has 1 saturated heterocycles. The van der Waals surface area contributed by atoms with Crippen molar-refractivity contribution in [2.75, 3.05) is 19.6 Å². The summed E-state index contributed by atoms with van der Waals surface area (Å²) >= 11 is 0. The zero-order valence-electron chi connectivity index (χ0n) is 13.2. The highest BCUT2D eigenvalue weighted by Gasteiger charge is 2.23. The van der Waals surface area contributed by atoms with Gasteiger partial charge in [-0.05, 0) is 38.8 Å². The maximum Gasteiger partial charge on any atom is 0.243 e. The molecule has 1 N–H and O–H groups in total. The normalized spacial score (nSPS) is 19.6. The number of aromatic nitrogens is 2. The Bertz CT molecular complexity index is 396. The Morgan fingerprint density at radius 1 is 1.30 bits per heavy atom. The van der Waals surface area contributed by atoms with Crippen molar-refractivity contribution in [2.24, 2.45) is 5.92 Å². The lowest BCUT2D eigenvalue weighted by Crippen LogP contribution is -2.44. The highest BCUT2D eigenvalue weighted by atomic mass is 16.5. The summed E-state index contributed by atoms with van der Waals surface area (Å²) in [7, 11) is 0. The molecule has 1 aliphatic rings. The fourth-order valence-electron chi connectivity index (χ4n) is 2.81. The lowest BCUT2D eigenvalue weighted by atomic mass is 10.0. The molecule has 5 nitrogen and oxygen atoms in total. The van der Waals surface area contributed by atoms with Crippen LogP contribution in [0, 0.1) is 5.92 Å². The number of hydrogen-bond donors (Lipinski definition) is 1. The van der Waals surface area contributed by atoms with Crippen molar-refractivity contribution in [3.8, 4) is 0 Å². The monoisotopic (exact) mass is 280 g/mol. The summed E-state index contributed by atoms with van der Waals surface area (Å²) in [6, 6.07) is 0.704. The fraction of sp³-hybridized carbons (Fsp3) is 0.867. The van der Waals surface area contributed by atoms with E-state index in [0.717, 1.165) is 18.2 Å². The van der Waals surface area contributed by atoms with Gasteiger partial charge in [0.15, 0.2) is 5.82 Å². The van der Waals surface area contributed by atoms with Gasteiger partial charge in [0.2, 0.25) is 5.89 Å². The molecular weight excluding hydrogens is 252 g/mol. The van der Waals surface area contributed by atoms with E-state index in [4.69, 9.17) is 4.52 Å². The van der Waals surface area contributed by atoms with Crippen LogP contribution >= 0.6 is 0 Å². The highest BCUT2D eigenvalue weighted by molar-refractivity contribution is 4.92. The quantitative estimate of drug-likeness (QED) is 0.867. The van der Waals surface area contributed by atoms with Crippen LogP contribution in [-0.2, 0) is 6.42 Å². The molecule has 1 atom stereocenters. The molecule has 2 rings (SSSR count). The van der Waals surface area contributed by atoms with E-state index >= 15 is 0 Å². The number of likely N-dealkylation sites (tertiary alicyclic amines) is 1. The standard InChI is InChI=1S/C15H28N4O/c1-5-14-17-15(20-18-14)12(4)16-13-6-8-19(9-7-13)10-11(2)3/h11-13,16H,5-10H2,1-4H3. The molecule has 0 saturated carbocycles. The Morgan fingerprint density at radius 2 is 2.00 bits per heavy atom. The molecule has 0 aromatic carbocycles. The lowest BCUT2D eigenvalue weighted by molar-refractivity contribution is 0.171. The summed E-state index contributed by atoms with van der Waals surface area (Å²) in [6.45, 7) is 12.3. The van der Waals surface area contributed by atoms with Crippen molar-refractivity contribution < 1.29 is 4.52 Å². The van der Waals surface area contributed by atoms with Gasteiger partial charge >= 0.3 is 0 Å². The number of nitrogens with zero attached hydrogens (tertiary/aromatic N) is 3. The van der Waals surface area contributed by atoms with Crippen LogP contribution in [0.15, 0.2) is 4.52 Å². The predicted octanol–water partition coefficient (Wildman–Crippen LogP) is 2.40. The van der Waals surface area contributed by atoms with Gasteiger partial charge in [-0.15, -0.1) is 0 Å². The summed E-state index contributed by atoms with van der Waals surface area (Å²) in [5.41, 5.74) is 0. The van der Waals surface area contributed by atoms with Gasteiger partial charge in [0, 0.05) is 19.0 Å². The molecule has 5 heteroatoms. The maximum absolute atomic E-state index is 5.30. The molecule has 1 unspecified atom stereocenters. The third kappa shape index (κ3) is 4.28. The van der Waals surface area contributed by atoms with Crippen molar-refractivity contribution >= 4 is 0 Å². The third-order valence-electron chi connectivity index (χ3n) is 3.87. The molecule has 0 spiro atoms. The number of nitrogens with one attached hydrogen (secondary N) is 1.